The third kappa shape index (κ3) is 9.34. The van der Waals surface area contributed by atoms with E-state index in [4.69, 9.17) is 31.9 Å². The topological polar surface area (TPSA) is 186 Å². The van der Waals surface area contributed by atoms with E-state index in [1.54, 1.807) is 0 Å². The fourth-order valence-corrected chi connectivity index (χ4v) is 0.427. The Kier molecular flexibility index (Phi) is 8.57. The monoisotopic (exact) mass is 232 g/mol. The molecule has 0 aliphatic heterocycles. The molecule has 0 fully saturated rings. The summed E-state index contributed by atoms with van der Waals surface area (Å²) >= 11 is 0. The van der Waals surface area contributed by atoms with Crippen LogP contribution in [0.3, 0.4) is 0 Å². The van der Waals surface area contributed by atoms with Crippen molar-refractivity contribution in [3.63, 3.8) is 0 Å². The number of anilines is 3. The van der Waals surface area contributed by atoms with Gasteiger partial charge in [-0.2, -0.15) is 15.0 Å². The van der Waals surface area contributed by atoms with Gasteiger partial charge in [-0.05, 0) is 0 Å². The van der Waals surface area contributed by atoms with Crippen LogP contribution in [0.2, 0.25) is 0 Å². The smallest absolute Gasteiger partial charge is 0.854 e. The van der Waals surface area contributed by atoms with Crippen LogP contribution in [0.5, 0.6) is 0 Å². The Morgan fingerprint density at radius 2 is 0.929 bits per heavy atom. The summed E-state index contributed by atoms with van der Waals surface area (Å²) in [6.07, 6.45) is 0. The van der Waals surface area contributed by atoms with Gasteiger partial charge in [-0.15, -0.1) is 0 Å². The summed E-state index contributed by atoms with van der Waals surface area (Å²) in [4.78, 5) is 35.9. The Hall–Kier alpha value is -0.748. The molecule has 1 heterocycles. The SMILES string of the molecule is Nc1nc(N)nc(N)n1.[Al+3].[O-]P([O-])[O-]. The van der Waals surface area contributed by atoms with E-state index in [1.807, 2.05) is 0 Å². The van der Waals surface area contributed by atoms with Crippen molar-refractivity contribution in [2.24, 2.45) is 0 Å². The number of aromatic nitrogens is 3. The van der Waals surface area contributed by atoms with Crippen LogP contribution in [-0.4, -0.2) is 32.3 Å². The van der Waals surface area contributed by atoms with E-state index in [9.17, 15) is 0 Å². The number of nitrogens with two attached hydrogens (primary N) is 3. The molecule has 1 aromatic rings. The van der Waals surface area contributed by atoms with Gasteiger partial charge in [0.15, 0.2) is 0 Å². The van der Waals surface area contributed by atoms with Crippen LogP contribution in [-0.2, 0) is 0 Å². The van der Waals surface area contributed by atoms with Crippen LogP contribution >= 0.6 is 8.60 Å². The molecule has 6 N–H and O–H groups in total. The van der Waals surface area contributed by atoms with Crippen LogP contribution < -0.4 is 31.9 Å². The molecule has 0 bridgehead atoms. The molecule has 0 aliphatic rings. The molecular formula is C3H6AlN6O3P. The Morgan fingerprint density at radius 3 is 1.07 bits per heavy atom. The normalized spacial score (nSPS) is 8.57. The van der Waals surface area contributed by atoms with E-state index in [2.05, 4.69) is 15.0 Å². The molecule has 0 radical (unpaired) electrons. The van der Waals surface area contributed by atoms with E-state index in [0.29, 0.717) is 0 Å². The van der Waals surface area contributed by atoms with Gasteiger partial charge in [-0.3, -0.25) is 0 Å². The quantitative estimate of drug-likeness (QED) is 0.292. The maximum absolute atomic E-state index is 8.48. The second-order valence-corrected chi connectivity index (χ2v) is 2.08. The van der Waals surface area contributed by atoms with Crippen molar-refractivity contribution < 1.29 is 14.7 Å². The van der Waals surface area contributed by atoms with Crippen LogP contribution in [0.1, 0.15) is 0 Å². The molecule has 0 saturated heterocycles. The van der Waals surface area contributed by atoms with Crippen LogP contribution in [0.25, 0.3) is 0 Å². The van der Waals surface area contributed by atoms with E-state index in [1.165, 1.54) is 0 Å². The van der Waals surface area contributed by atoms with Crippen LogP contribution in [0.4, 0.5) is 17.8 Å². The van der Waals surface area contributed by atoms with Gasteiger partial charge >= 0.3 is 17.4 Å². The summed E-state index contributed by atoms with van der Waals surface area (Å²) in [5.74, 6) is 0.125. The van der Waals surface area contributed by atoms with Gasteiger partial charge in [-0.1, -0.05) is 0 Å². The van der Waals surface area contributed by atoms with Gasteiger partial charge in [0.2, 0.25) is 17.8 Å². The minimum atomic E-state index is -3.37. The molecule has 9 nitrogen and oxygen atoms in total. The van der Waals surface area contributed by atoms with Gasteiger partial charge in [-0.25, -0.2) is 0 Å². The molecule has 0 atom stereocenters. The van der Waals surface area contributed by atoms with Crippen LogP contribution in [0, 0.1) is 0 Å². The fraction of sp³-hybridized carbons (Fsp3) is 0. The van der Waals surface area contributed by atoms with Crippen molar-refractivity contribution in [3.05, 3.63) is 0 Å². The Morgan fingerprint density at radius 1 is 0.786 bits per heavy atom. The largest absolute Gasteiger partial charge is 3.00 e. The van der Waals surface area contributed by atoms with Crippen molar-refractivity contribution in [1.29, 1.82) is 0 Å². The second-order valence-electron chi connectivity index (χ2n) is 1.63. The van der Waals surface area contributed by atoms with Gasteiger partial charge in [0.05, 0.1) is 0 Å². The molecule has 0 amide bonds. The van der Waals surface area contributed by atoms with E-state index in [0.717, 1.165) is 0 Å². The predicted octanol–water partition coefficient (Wildman–Crippen LogP) is -4.47. The van der Waals surface area contributed by atoms with Gasteiger partial charge in [0.1, 0.15) is 0 Å². The first-order valence-corrected chi connectivity index (χ1v) is 3.85. The van der Waals surface area contributed by atoms with Gasteiger partial charge < -0.3 is 40.5 Å². The zero-order chi connectivity index (χ0) is 10.4. The first-order valence-electron chi connectivity index (χ1n) is 2.76. The first kappa shape index (κ1) is 15.7. The average molecular weight is 232 g/mol. The molecular weight excluding hydrogens is 226 g/mol. The third-order valence-electron chi connectivity index (χ3n) is 0.687. The number of hydrogen-bond acceptors (Lipinski definition) is 9. The number of hydrogen-bond donors (Lipinski definition) is 3. The second kappa shape index (κ2) is 7.64. The maximum Gasteiger partial charge on any atom is 3.00 e. The molecule has 0 saturated carbocycles. The van der Waals surface area contributed by atoms with E-state index in [-0.39, 0.29) is 35.2 Å². The Balaban J connectivity index is 0. The summed E-state index contributed by atoms with van der Waals surface area (Å²) < 4.78 is 0. The first-order chi connectivity index (χ1) is 5.91. The van der Waals surface area contributed by atoms with E-state index < -0.39 is 8.60 Å². The molecule has 1 aromatic heterocycles. The Labute approximate surface area is 91.1 Å². The maximum atomic E-state index is 8.48. The van der Waals surface area contributed by atoms with Crippen molar-refractivity contribution in [1.82, 2.24) is 15.0 Å². The number of nitrogen functional groups attached to an aromatic ring is 3. The summed E-state index contributed by atoms with van der Waals surface area (Å²) in [5.41, 5.74) is 15.4. The molecule has 11 heteroatoms. The molecule has 74 valence electrons. The number of nitrogens with zero attached hydrogens (tertiary/aromatic N) is 3. The van der Waals surface area contributed by atoms with Crippen LogP contribution in [0.15, 0.2) is 0 Å². The third-order valence-corrected chi connectivity index (χ3v) is 0.687. The van der Waals surface area contributed by atoms with Crippen molar-refractivity contribution in [2.45, 2.75) is 0 Å². The minimum Gasteiger partial charge on any atom is -0.854 e. The molecule has 14 heavy (non-hydrogen) atoms. The summed E-state index contributed by atoms with van der Waals surface area (Å²) in [6, 6.07) is 0. The molecule has 0 spiro atoms. The van der Waals surface area contributed by atoms with E-state index >= 15 is 0 Å². The molecule has 0 unspecified atom stereocenters. The zero-order valence-electron chi connectivity index (χ0n) is 6.82. The number of rotatable bonds is 0. The Bertz CT molecular complexity index is 221. The summed E-state index contributed by atoms with van der Waals surface area (Å²) in [7, 11) is -3.37. The van der Waals surface area contributed by atoms with Crippen molar-refractivity contribution in [2.75, 3.05) is 17.2 Å². The molecule has 1 rings (SSSR count). The van der Waals surface area contributed by atoms with Crippen molar-refractivity contribution >= 4 is 43.8 Å². The summed E-state index contributed by atoms with van der Waals surface area (Å²) in [5, 5.41) is 0. The average Bonchev–Trinajstić information content (AvgIpc) is 1.80. The predicted molar refractivity (Wildman–Crippen MR) is 45.7 cm³/mol. The molecule has 0 aromatic carbocycles. The van der Waals surface area contributed by atoms with Crippen molar-refractivity contribution in [3.8, 4) is 0 Å². The van der Waals surface area contributed by atoms with Gasteiger partial charge in [0, 0.05) is 0 Å². The fourth-order valence-electron chi connectivity index (χ4n) is 0.427. The standard InChI is InChI=1S/C3H6N6.Al.O3P/c4-1-7-2(5)9-3(6)8-1;;1-4(2)3/h(H6,4,5,6,7,8,9);;/q;+3;-3. The zero-order valence-corrected chi connectivity index (χ0v) is 8.87. The van der Waals surface area contributed by atoms with Gasteiger partial charge in [0.25, 0.3) is 0 Å². The molecule has 0 aliphatic carbocycles. The minimum absolute atomic E-state index is 0. The summed E-state index contributed by atoms with van der Waals surface area (Å²) in [6.45, 7) is 0.